The van der Waals surface area contributed by atoms with Crippen LogP contribution in [0.4, 0.5) is 0 Å². The molecule has 1 saturated carbocycles. The number of nitrogens with zero attached hydrogens (tertiary/aromatic N) is 2. The van der Waals surface area contributed by atoms with Crippen LogP contribution in [-0.4, -0.2) is 36.1 Å². The molecular weight excluding hydrogens is 296 g/mol. The molecule has 24 heavy (non-hydrogen) atoms. The van der Waals surface area contributed by atoms with E-state index in [1.807, 2.05) is 12.3 Å². The third kappa shape index (κ3) is 3.46. The van der Waals surface area contributed by atoms with E-state index in [-0.39, 0.29) is 0 Å². The Balaban J connectivity index is 1.49. The van der Waals surface area contributed by atoms with Gasteiger partial charge in [0.05, 0.1) is 5.69 Å². The van der Waals surface area contributed by atoms with Crippen LogP contribution in [0.5, 0.6) is 5.75 Å². The van der Waals surface area contributed by atoms with Crippen molar-refractivity contribution >= 4 is 0 Å². The van der Waals surface area contributed by atoms with E-state index in [4.69, 9.17) is 4.74 Å². The fraction of sp³-hybridized carbons (Fsp3) is 0.476. The molecule has 2 aromatic rings. The van der Waals surface area contributed by atoms with Gasteiger partial charge in [-0.05, 0) is 80.6 Å². The zero-order valence-electron chi connectivity index (χ0n) is 14.3. The van der Waals surface area contributed by atoms with Crippen LogP contribution < -0.4 is 4.74 Å². The first-order chi connectivity index (χ1) is 11.9. The van der Waals surface area contributed by atoms with Crippen LogP contribution in [0.1, 0.15) is 43.6 Å². The minimum absolute atomic E-state index is 0.670. The van der Waals surface area contributed by atoms with Crippen LogP contribution in [0, 0.1) is 0 Å². The second-order valence-corrected chi connectivity index (χ2v) is 6.99. The number of pyridine rings is 1. The maximum Gasteiger partial charge on any atom is 0.119 e. The van der Waals surface area contributed by atoms with Gasteiger partial charge in [-0.3, -0.25) is 9.88 Å². The number of rotatable bonds is 6. The first-order valence-corrected chi connectivity index (χ1v) is 9.31. The van der Waals surface area contributed by atoms with Crippen LogP contribution in [0.3, 0.4) is 0 Å². The van der Waals surface area contributed by atoms with Gasteiger partial charge in [-0.15, -0.1) is 0 Å². The van der Waals surface area contributed by atoms with Gasteiger partial charge in [-0.2, -0.15) is 0 Å². The molecule has 3 heteroatoms. The molecule has 0 spiro atoms. The Kier molecular flexibility index (Phi) is 4.79. The van der Waals surface area contributed by atoms with Crippen molar-refractivity contribution in [1.82, 2.24) is 9.88 Å². The molecule has 1 aliphatic heterocycles. The molecule has 2 aliphatic rings. The first kappa shape index (κ1) is 15.6. The van der Waals surface area contributed by atoms with Gasteiger partial charge in [0, 0.05) is 18.3 Å². The van der Waals surface area contributed by atoms with E-state index in [9.17, 15) is 0 Å². The van der Waals surface area contributed by atoms with Crippen molar-refractivity contribution in [3.63, 3.8) is 0 Å². The molecule has 0 unspecified atom stereocenters. The van der Waals surface area contributed by atoms with Gasteiger partial charge in [0.25, 0.3) is 0 Å². The number of hydrogen-bond donors (Lipinski definition) is 0. The normalized spacial score (nSPS) is 18.5. The van der Waals surface area contributed by atoms with Crippen LogP contribution in [0.15, 0.2) is 42.6 Å². The number of benzene rings is 1. The molecule has 1 aliphatic carbocycles. The summed E-state index contributed by atoms with van der Waals surface area (Å²) in [5.74, 6) is 1.68. The highest BCUT2D eigenvalue weighted by Gasteiger charge is 2.23. The summed E-state index contributed by atoms with van der Waals surface area (Å²) in [5, 5.41) is 0. The summed E-state index contributed by atoms with van der Waals surface area (Å²) < 4.78 is 6.06. The third-order valence-electron chi connectivity index (χ3n) is 5.38. The SMILES string of the molecule is c1ccc(-c2ccc(OCCN3CCCC3)cc2C2CCC2)nc1. The van der Waals surface area contributed by atoms with Gasteiger partial charge in [-0.1, -0.05) is 12.5 Å². The Morgan fingerprint density at radius 1 is 1.04 bits per heavy atom. The molecule has 2 fully saturated rings. The maximum absolute atomic E-state index is 6.06. The Labute approximate surface area is 144 Å². The van der Waals surface area contributed by atoms with E-state index in [0.29, 0.717) is 5.92 Å². The molecule has 1 aromatic carbocycles. The van der Waals surface area contributed by atoms with E-state index in [0.717, 1.165) is 24.6 Å². The lowest BCUT2D eigenvalue weighted by Crippen LogP contribution is -2.25. The largest absolute Gasteiger partial charge is 0.492 e. The minimum atomic E-state index is 0.670. The van der Waals surface area contributed by atoms with Crippen molar-refractivity contribution in [2.24, 2.45) is 0 Å². The monoisotopic (exact) mass is 322 g/mol. The molecule has 0 bridgehead atoms. The maximum atomic E-state index is 6.06. The van der Waals surface area contributed by atoms with Crippen molar-refractivity contribution in [2.75, 3.05) is 26.2 Å². The van der Waals surface area contributed by atoms with Crippen molar-refractivity contribution in [3.05, 3.63) is 48.2 Å². The molecule has 3 nitrogen and oxygen atoms in total. The molecule has 0 amide bonds. The van der Waals surface area contributed by atoms with Gasteiger partial charge in [0.1, 0.15) is 12.4 Å². The molecule has 1 saturated heterocycles. The predicted octanol–water partition coefficient (Wildman–Crippen LogP) is 4.49. The van der Waals surface area contributed by atoms with E-state index in [2.05, 4.69) is 40.2 Å². The molecule has 0 radical (unpaired) electrons. The number of hydrogen-bond acceptors (Lipinski definition) is 3. The van der Waals surface area contributed by atoms with Crippen LogP contribution in [0.2, 0.25) is 0 Å². The molecule has 4 rings (SSSR count). The van der Waals surface area contributed by atoms with Crippen molar-refractivity contribution < 1.29 is 4.74 Å². The average molecular weight is 322 g/mol. The van der Waals surface area contributed by atoms with Crippen molar-refractivity contribution in [3.8, 4) is 17.0 Å². The fourth-order valence-corrected chi connectivity index (χ4v) is 3.74. The van der Waals surface area contributed by atoms with E-state index in [1.165, 1.54) is 56.3 Å². The molecule has 0 N–H and O–H groups in total. The number of ether oxygens (including phenoxy) is 1. The summed E-state index contributed by atoms with van der Waals surface area (Å²) in [6, 6.07) is 12.7. The predicted molar refractivity (Wildman–Crippen MR) is 97.4 cm³/mol. The minimum Gasteiger partial charge on any atom is -0.492 e. The lowest BCUT2D eigenvalue weighted by molar-refractivity contribution is 0.237. The highest BCUT2D eigenvalue weighted by atomic mass is 16.5. The van der Waals surface area contributed by atoms with Crippen LogP contribution >= 0.6 is 0 Å². The van der Waals surface area contributed by atoms with Gasteiger partial charge in [0.15, 0.2) is 0 Å². The highest BCUT2D eigenvalue weighted by Crippen LogP contribution is 2.42. The summed E-state index contributed by atoms with van der Waals surface area (Å²) in [4.78, 5) is 7.04. The topological polar surface area (TPSA) is 25.4 Å². The van der Waals surface area contributed by atoms with E-state index < -0.39 is 0 Å². The standard InChI is InChI=1S/C21H26N2O/c1-2-11-22-21(8-1)19-10-9-18(16-20(19)17-6-5-7-17)24-15-14-23-12-3-4-13-23/h1-2,8-11,16-17H,3-7,12-15H2. The lowest BCUT2D eigenvalue weighted by Gasteiger charge is -2.28. The zero-order valence-corrected chi connectivity index (χ0v) is 14.3. The molecule has 0 atom stereocenters. The second-order valence-electron chi connectivity index (χ2n) is 6.99. The second kappa shape index (κ2) is 7.35. The smallest absolute Gasteiger partial charge is 0.119 e. The fourth-order valence-electron chi connectivity index (χ4n) is 3.74. The summed E-state index contributed by atoms with van der Waals surface area (Å²) in [7, 11) is 0. The Hall–Kier alpha value is -1.87. The van der Waals surface area contributed by atoms with Gasteiger partial charge >= 0.3 is 0 Å². The third-order valence-corrected chi connectivity index (χ3v) is 5.38. The van der Waals surface area contributed by atoms with Crippen molar-refractivity contribution in [1.29, 1.82) is 0 Å². The number of likely N-dealkylation sites (tertiary alicyclic amines) is 1. The first-order valence-electron chi connectivity index (χ1n) is 9.31. The molecular formula is C21H26N2O. The summed E-state index contributed by atoms with van der Waals surface area (Å²) in [5.41, 5.74) is 3.76. The molecule has 2 heterocycles. The van der Waals surface area contributed by atoms with Gasteiger partial charge < -0.3 is 4.74 Å². The Morgan fingerprint density at radius 2 is 1.92 bits per heavy atom. The number of aromatic nitrogens is 1. The molecule has 126 valence electrons. The van der Waals surface area contributed by atoms with Crippen molar-refractivity contribution in [2.45, 2.75) is 38.0 Å². The average Bonchev–Trinajstić information content (AvgIpc) is 3.08. The van der Waals surface area contributed by atoms with Gasteiger partial charge in [0.2, 0.25) is 0 Å². The Bertz CT molecular complexity index is 661. The van der Waals surface area contributed by atoms with E-state index >= 15 is 0 Å². The summed E-state index contributed by atoms with van der Waals surface area (Å²) in [6.45, 7) is 4.29. The van der Waals surface area contributed by atoms with Crippen LogP contribution in [-0.2, 0) is 0 Å². The zero-order chi connectivity index (χ0) is 16.2. The quantitative estimate of drug-likeness (QED) is 0.783. The summed E-state index contributed by atoms with van der Waals surface area (Å²) >= 11 is 0. The van der Waals surface area contributed by atoms with E-state index in [1.54, 1.807) is 0 Å². The lowest BCUT2D eigenvalue weighted by atomic mass is 9.77. The summed E-state index contributed by atoms with van der Waals surface area (Å²) in [6.07, 6.45) is 8.47. The Morgan fingerprint density at radius 3 is 2.62 bits per heavy atom. The molecule has 1 aromatic heterocycles. The van der Waals surface area contributed by atoms with Gasteiger partial charge in [-0.25, -0.2) is 0 Å². The highest BCUT2D eigenvalue weighted by molar-refractivity contribution is 5.66. The van der Waals surface area contributed by atoms with Crippen LogP contribution in [0.25, 0.3) is 11.3 Å².